The number of methoxy groups -OCH3 is 3. The number of hydrogen-bond acceptors (Lipinski definition) is 10. The number of benzene rings is 2. The first-order chi connectivity index (χ1) is 22.9. The van der Waals surface area contributed by atoms with E-state index in [-0.39, 0.29) is 24.7 Å². The number of pyridine rings is 1. The van der Waals surface area contributed by atoms with Gasteiger partial charge in [0.1, 0.15) is 6.04 Å². The summed E-state index contributed by atoms with van der Waals surface area (Å²) in [4.78, 5) is 29.1. The van der Waals surface area contributed by atoms with Gasteiger partial charge in [0.15, 0.2) is 24.7 Å². The maximum atomic E-state index is 14.4. The summed E-state index contributed by atoms with van der Waals surface area (Å²) in [6, 6.07) is 10.6. The normalized spacial score (nSPS) is 12.9. The largest absolute Gasteiger partial charge is 0.493 e. The quantitative estimate of drug-likeness (QED) is 0.0802. The Morgan fingerprint density at radius 2 is 1.63 bits per heavy atom. The molecule has 0 spiro atoms. The Labute approximate surface area is 290 Å². The molecule has 0 aliphatic heterocycles. The van der Waals surface area contributed by atoms with Crippen molar-refractivity contribution in [3.63, 3.8) is 0 Å². The Kier molecular flexibility index (Phi) is 12.9. The van der Waals surface area contributed by atoms with Gasteiger partial charge in [-0.2, -0.15) is 4.31 Å². The number of para-hydroxylation sites is 1. The molecule has 0 fully saturated rings. The molecule has 0 aliphatic carbocycles. The molecule has 1 N–H and O–H groups in total. The summed E-state index contributed by atoms with van der Waals surface area (Å²) < 4.78 is 52.5. The third-order valence-electron chi connectivity index (χ3n) is 8.65. The number of carbonyl (C=O) groups excluding carboxylic acids is 1. The molecule has 0 unspecified atom stereocenters. The summed E-state index contributed by atoms with van der Waals surface area (Å²) in [5.74, 6) is 0.134. The highest BCUT2D eigenvalue weighted by Gasteiger charge is 2.41. The number of sulfonamides is 1. The van der Waals surface area contributed by atoms with Gasteiger partial charge >= 0.3 is 0 Å². The molecular formula is C34H48N4O9SSi. The predicted molar refractivity (Wildman–Crippen MR) is 190 cm³/mol. The number of hydrogen-bond donors (Lipinski definition) is 1. The van der Waals surface area contributed by atoms with Crippen LogP contribution in [0.15, 0.2) is 59.6 Å². The van der Waals surface area contributed by atoms with E-state index in [0.29, 0.717) is 34.1 Å². The molecule has 3 aromatic rings. The monoisotopic (exact) mass is 716 g/mol. The Hall–Kier alpha value is -4.05. The van der Waals surface area contributed by atoms with Gasteiger partial charge in [-0.25, -0.2) is 8.42 Å². The zero-order chi connectivity index (χ0) is 36.7. The number of carbonyl (C=O) groups is 1. The molecule has 0 bridgehead atoms. The second kappa shape index (κ2) is 16.1. The summed E-state index contributed by atoms with van der Waals surface area (Å²) in [5.41, 5.74) is 0.962. The zero-order valence-corrected chi connectivity index (χ0v) is 31.7. The SMILES string of the molecule is COc1cc(-c2cc(CN([C@@H](C(=O)NCCO[Si](C)(C)C(C)(C)C)C(C)C)S(=O)(=O)c3ccccc3[N+](=O)[O-])ccn2)cc(OC)c1OC. The summed E-state index contributed by atoms with van der Waals surface area (Å²) in [5, 5.41) is 14.8. The first-order valence-corrected chi connectivity index (χ1v) is 20.2. The minimum atomic E-state index is -4.62. The van der Waals surface area contributed by atoms with Crippen LogP contribution in [0.3, 0.4) is 0 Å². The summed E-state index contributed by atoms with van der Waals surface area (Å²) in [6.07, 6.45) is 1.52. The molecule has 1 heterocycles. The molecule has 2 aromatic carbocycles. The van der Waals surface area contributed by atoms with Gasteiger partial charge < -0.3 is 24.0 Å². The maximum absolute atomic E-state index is 14.4. The molecule has 1 amide bonds. The lowest BCUT2D eigenvalue weighted by Crippen LogP contribution is -2.52. The lowest BCUT2D eigenvalue weighted by Gasteiger charge is -2.36. The molecule has 0 saturated carbocycles. The fraction of sp³-hybridized carbons (Fsp3) is 0.471. The van der Waals surface area contributed by atoms with Crippen LogP contribution in [-0.4, -0.2) is 77.4 Å². The van der Waals surface area contributed by atoms with Crippen LogP contribution >= 0.6 is 0 Å². The molecule has 268 valence electrons. The van der Waals surface area contributed by atoms with E-state index < -0.39 is 51.7 Å². The Morgan fingerprint density at radius 1 is 1.02 bits per heavy atom. The lowest BCUT2D eigenvalue weighted by atomic mass is 10.0. The van der Waals surface area contributed by atoms with Crippen molar-refractivity contribution in [1.82, 2.24) is 14.6 Å². The van der Waals surface area contributed by atoms with Crippen LogP contribution in [0.4, 0.5) is 5.69 Å². The standard InChI is InChI=1S/C34H48N4O9SSi/c1-23(2)31(33(39)36-17-18-47-49(9,10)34(3,4)5)37(48(42,43)30-14-12-11-13-27(30)38(40)41)22-24-15-16-35-26(19-24)25-20-28(44-6)32(46-8)29(21-25)45-7/h11-16,19-21,23,31H,17-18,22H2,1-10H3,(H,36,39)/t31-/m1/s1. The third-order valence-corrected chi connectivity index (χ3v) is 15.1. The highest BCUT2D eigenvalue weighted by atomic mass is 32.2. The van der Waals surface area contributed by atoms with Gasteiger partial charge in [0, 0.05) is 30.9 Å². The van der Waals surface area contributed by atoms with Gasteiger partial charge in [0.2, 0.25) is 11.7 Å². The summed E-state index contributed by atoms with van der Waals surface area (Å²) in [7, 11) is -2.23. The van der Waals surface area contributed by atoms with E-state index >= 15 is 0 Å². The summed E-state index contributed by atoms with van der Waals surface area (Å²) in [6.45, 7) is 14.1. The van der Waals surface area contributed by atoms with Gasteiger partial charge in [0.05, 0.1) is 38.6 Å². The number of nitro benzene ring substituents is 1. The second-order valence-corrected chi connectivity index (χ2v) is 20.0. The van der Waals surface area contributed by atoms with Crippen molar-refractivity contribution in [2.45, 2.75) is 70.2 Å². The summed E-state index contributed by atoms with van der Waals surface area (Å²) >= 11 is 0. The maximum Gasteiger partial charge on any atom is 0.289 e. The molecule has 49 heavy (non-hydrogen) atoms. The fourth-order valence-electron chi connectivity index (χ4n) is 4.99. The fourth-order valence-corrected chi connectivity index (χ4v) is 7.90. The van der Waals surface area contributed by atoms with Crippen molar-refractivity contribution < 1.29 is 36.8 Å². The van der Waals surface area contributed by atoms with Crippen LogP contribution in [0.1, 0.15) is 40.2 Å². The van der Waals surface area contributed by atoms with Crippen LogP contribution in [0, 0.1) is 16.0 Å². The van der Waals surface area contributed by atoms with Gasteiger partial charge in [-0.3, -0.25) is 19.9 Å². The average molecular weight is 717 g/mol. The number of nitrogens with one attached hydrogen (secondary N) is 1. The molecule has 13 nitrogen and oxygen atoms in total. The third kappa shape index (κ3) is 9.15. The molecule has 0 radical (unpaired) electrons. The molecule has 1 aromatic heterocycles. The van der Waals surface area contributed by atoms with Crippen LogP contribution in [-0.2, 0) is 25.8 Å². The number of ether oxygens (including phenoxy) is 3. The number of rotatable bonds is 16. The zero-order valence-electron chi connectivity index (χ0n) is 29.9. The van der Waals surface area contributed by atoms with E-state index in [1.54, 1.807) is 38.1 Å². The van der Waals surface area contributed by atoms with Crippen molar-refractivity contribution in [3.8, 4) is 28.5 Å². The average Bonchev–Trinajstić information content (AvgIpc) is 3.05. The van der Waals surface area contributed by atoms with E-state index in [0.717, 1.165) is 10.4 Å². The molecule has 0 saturated heterocycles. The van der Waals surface area contributed by atoms with E-state index in [4.69, 9.17) is 18.6 Å². The molecule has 3 rings (SSSR count). The topological polar surface area (TPSA) is 159 Å². The molecular weight excluding hydrogens is 669 g/mol. The smallest absolute Gasteiger partial charge is 0.289 e. The Morgan fingerprint density at radius 3 is 2.16 bits per heavy atom. The minimum absolute atomic E-state index is 0.0295. The first kappa shape index (κ1) is 39.4. The Bertz CT molecular complexity index is 1720. The van der Waals surface area contributed by atoms with E-state index in [1.165, 1.54) is 45.7 Å². The van der Waals surface area contributed by atoms with E-state index in [2.05, 4.69) is 44.2 Å². The number of nitro groups is 1. The van der Waals surface area contributed by atoms with E-state index in [9.17, 15) is 23.3 Å². The molecule has 15 heteroatoms. The van der Waals surface area contributed by atoms with Gasteiger partial charge in [-0.15, -0.1) is 0 Å². The van der Waals surface area contributed by atoms with Crippen LogP contribution in [0.5, 0.6) is 17.2 Å². The predicted octanol–water partition coefficient (Wildman–Crippen LogP) is 6.04. The molecule has 0 aliphatic rings. The van der Waals surface area contributed by atoms with Crippen LogP contribution in [0.25, 0.3) is 11.3 Å². The lowest BCUT2D eigenvalue weighted by molar-refractivity contribution is -0.387. The van der Waals surface area contributed by atoms with Crippen LogP contribution < -0.4 is 19.5 Å². The van der Waals surface area contributed by atoms with E-state index in [1.807, 2.05) is 0 Å². The number of nitrogens with zero attached hydrogens (tertiary/aromatic N) is 3. The van der Waals surface area contributed by atoms with Crippen LogP contribution in [0.2, 0.25) is 18.1 Å². The van der Waals surface area contributed by atoms with Gasteiger partial charge in [-0.1, -0.05) is 46.8 Å². The van der Waals surface area contributed by atoms with Crippen molar-refractivity contribution >= 4 is 29.9 Å². The minimum Gasteiger partial charge on any atom is -0.493 e. The van der Waals surface area contributed by atoms with Crippen molar-refractivity contribution in [2.75, 3.05) is 34.5 Å². The highest BCUT2D eigenvalue weighted by molar-refractivity contribution is 7.89. The number of amides is 1. The van der Waals surface area contributed by atoms with Gasteiger partial charge in [0.25, 0.3) is 15.7 Å². The van der Waals surface area contributed by atoms with Gasteiger partial charge in [-0.05, 0) is 59.9 Å². The van der Waals surface area contributed by atoms with Crippen molar-refractivity contribution in [2.24, 2.45) is 5.92 Å². The molecule has 1 atom stereocenters. The second-order valence-electron chi connectivity index (χ2n) is 13.3. The van der Waals surface area contributed by atoms with Crippen molar-refractivity contribution in [3.05, 3.63) is 70.4 Å². The highest BCUT2D eigenvalue weighted by Crippen LogP contribution is 2.41. The van der Waals surface area contributed by atoms with Crippen molar-refractivity contribution in [1.29, 1.82) is 0 Å². The first-order valence-electron chi connectivity index (χ1n) is 15.8. The number of aromatic nitrogens is 1. The Balaban J connectivity index is 2.08.